The molecule has 7 atom stereocenters. The van der Waals surface area contributed by atoms with Crippen LogP contribution in [0.15, 0.2) is 61.2 Å². The van der Waals surface area contributed by atoms with Gasteiger partial charge in [0.25, 0.3) is 17.5 Å². The number of anilines is 1. The zero-order chi connectivity index (χ0) is 46.5. The number of rotatable bonds is 12. The monoisotopic (exact) mass is 902 g/mol. The fourth-order valence-corrected chi connectivity index (χ4v) is 9.16. The van der Waals surface area contributed by atoms with E-state index in [0.717, 1.165) is 43.9 Å². The van der Waals surface area contributed by atoms with Gasteiger partial charge in [-0.3, -0.25) is 39.0 Å². The predicted octanol–water partition coefficient (Wildman–Crippen LogP) is 7.37. The van der Waals surface area contributed by atoms with Crippen LogP contribution in [-0.4, -0.2) is 86.0 Å². The number of ketones is 1. The number of aryl methyl sites for hydroxylation is 1. The van der Waals surface area contributed by atoms with Crippen LogP contribution in [-0.2, 0) is 49.5 Å². The molecule has 0 unspecified atom stereocenters. The number of carbonyl (C=O) groups is 6. The Morgan fingerprint density at radius 3 is 2.56 bits per heavy atom. The van der Waals surface area contributed by atoms with Gasteiger partial charge in [-0.15, -0.1) is 17.9 Å². The number of fused-ring (bicyclic) bond motifs is 2. The molecule has 3 aliphatic rings. The van der Waals surface area contributed by atoms with E-state index in [1.54, 1.807) is 11.3 Å². The number of esters is 1. The van der Waals surface area contributed by atoms with E-state index < -0.39 is 100 Å². The third-order valence-corrected chi connectivity index (χ3v) is 13.3. The Morgan fingerprint density at radius 1 is 1.12 bits per heavy atom. The molecule has 0 saturated carbocycles. The summed E-state index contributed by atoms with van der Waals surface area (Å²) in [6.07, 6.45) is 0.915. The lowest BCUT2D eigenvalue weighted by molar-refractivity contribution is -0.384. The summed E-state index contributed by atoms with van der Waals surface area (Å²) in [6, 6.07) is 9.62. The number of thiazole rings is 1. The second-order valence-electron chi connectivity index (χ2n) is 17.4. The number of nitro benzene ring substituents is 1. The lowest BCUT2D eigenvalue weighted by Crippen LogP contribution is -2.47. The Bertz CT molecular complexity index is 2340. The molecule has 2 aromatic carbocycles. The number of nitrogens with zero attached hydrogens (tertiary/aromatic N) is 3. The molecule has 6 rings (SSSR count). The van der Waals surface area contributed by atoms with E-state index in [1.807, 2.05) is 39.0 Å². The third-order valence-electron chi connectivity index (χ3n) is 12.3. The molecule has 3 aliphatic heterocycles. The highest BCUT2D eigenvalue weighted by Crippen LogP contribution is 2.47. The van der Waals surface area contributed by atoms with Crippen molar-refractivity contribution in [1.82, 2.24) is 9.88 Å². The molecule has 0 radical (unpaired) electrons. The van der Waals surface area contributed by atoms with Crippen molar-refractivity contribution in [3.05, 3.63) is 87.5 Å². The number of carbonyl (C=O) groups excluding carboxylic acids is 6. The average Bonchev–Trinajstić information content (AvgIpc) is 3.52. The Hall–Kier alpha value is -5.85. The molecular weight excluding hydrogens is 849 g/mol. The SMILES string of the molecule is C=CC[C@H]1C(=O)C(C)(C)[C@@H](O)CC(=O)O[C@H](c2ccc3sc(C)nc3c2)C[C@H]2O[C@@]2(C)CCC[C@H](C)[C@@H]1OC(=O)OCc1ccc(NC(=O)CCCN2C(=O)C=CC2=O)c([N+](=O)[O-])c1. The summed E-state index contributed by atoms with van der Waals surface area (Å²) in [6.45, 7) is 12.2. The summed E-state index contributed by atoms with van der Waals surface area (Å²) in [5.41, 5.74) is -0.874. The van der Waals surface area contributed by atoms with Gasteiger partial charge in [-0.25, -0.2) is 9.78 Å². The molecule has 18 heteroatoms. The van der Waals surface area contributed by atoms with Crippen LogP contribution < -0.4 is 5.32 Å². The second kappa shape index (κ2) is 19.9. The molecule has 2 N–H and O–H groups in total. The number of nitro groups is 1. The normalized spacial score (nSPS) is 26.2. The van der Waals surface area contributed by atoms with Crippen LogP contribution in [0.4, 0.5) is 16.2 Å². The van der Waals surface area contributed by atoms with Crippen LogP contribution in [0.2, 0.25) is 0 Å². The number of ether oxygens (including phenoxy) is 4. The maximum absolute atomic E-state index is 14.5. The van der Waals surface area contributed by atoms with Gasteiger partial charge < -0.3 is 29.4 Å². The van der Waals surface area contributed by atoms with E-state index in [9.17, 15) is 44.0 Å². The molecule has 64 heavy (non-hydrogen) atoms. The molecule has 0 bridgehead atoms. The first kappa shape index (κ1) is 47.6. The Morgan fingerprint density at radius 2 is 1.86 bits per heavy atom. The number of Topliss-reactive ketones (excluding diaryl/α,β-unsaturated/α-hetero) is 1. The van der Waals surface area contributed by atoms with E-state index in [1.165, 1.54) is 32.1 Å². The lowest BCUT2D eigenvalue weighted by Gasteiger charge is -2.37. The number of aliphatic hydroxyl groups is 1. The molecule has 4 heterocycles. The van der Waals surface area contributed by atoms with Crippen LogP contribution in [0.3, 0.4) is 0 Å². The molecule has 2 fully saturated rings. The van der Waals surface area contributed by atoms with Gasteiger partial charge in [0.15, 0.2) is 0 Å². The first-order valence-electron chi connectivity index (χ1n) is 21.3. The standard InChI is InChI=1S/C46H54N4O13S/c1-7-10-30-42(62-44(57)60-25-28-13-15-31(33(21-28)50(58)59)48-38(52)12-9-20-49-39(53)17-18-40(49)54)26(2)11-8-19-46(6)37(63-46)23-34(29-14-16-35-32(22-29)47-27(3)64-35)61-41(55)24-36(51)45(4,5)43(30)56/h7,13-18,21-22,26,30,34,36-37,42,51H,1,8-12,19-20,23-25H2,2-6H3,(H,48,52)/t26-,30+,34-,36-,37+,42-,46-/m0/s1. The molecule has 3 aromatic rings. The maximum Gasteiger partial charge on any atom is 0.508 e. The number of aliphatic hydroxyl groups excluding tert-OH is 1. The van der Waals surface area contributed by atoms with Crippen molar-refractivity contribution in [1.29, 1.82) is 0 Å². The Balaban J connectivity index is 1.14. The van der Waals surface area contributed by atoms with Crippen LogP contribution in [0.1, 0.15) is 101 Å². The molecule has 342 valence electrons. The summed E-state index contributed by atoms with van der Waals surface area (Å²) < 4.78 is 24.6. The van der Waals surface area contributed by atoms with Crippen molar-refractivity contribution in [3.8, 4) is 0 Å². The zero-order valence-corrected chi connectivity index (χ0v) is 37.4. The average molecular weight is 903 g/mol. The van der Waals surface area contributed by atoms with E-state index in [-0.39, 0.29) is 43.2 Å². The van der Waals surface area contributed by atoms with Crippen LogP contribution in [0, 0.1) is 34.3 Å². The van der Waals surface area contributed by atoms with Crippen molar-refractivity contribution in [2.45, 2.75) is 123 Å². The van der Waals surface area contributed by atoms with Crippen LogP contribution in [0.5, 0.6) is 0 Å². The highest BCUT2D eigenvalue weighted by molar-refractivity contribution is 7.18. The largest absolute Gasteiger partial charge is 0.508 e. The van der Waals surface area contributed by atoms with Crippen molar-refractivity contribution >= 4 is 68.6 Å². The van der Waals surface area contributed by atoms with Gasteiger partial charge in [0.1, 0.15) is 30.3 Å². The number of allylic oxidation sites excluding steroid dienone is 1. The predicted molar refractivity (Wildman–Crippen MR) is 234 cm³/mol. The molecule has 3 amide bonds. The number of hydrogen-bond acceptors (Lipinski definition) is 15. The number of hydrogen-bond donors (Lipinski definition) is 2. The summed E-state index contributed by atoms with van der Waals surface area (Å²) in [5.74, 6) is -4.12. The first-order chi connectivity index (χ1) is 30.3. The maximum atomic E-state index is 14.5. The van der Waals surface area contributed by atoms with E-state index in [2.05, 4.69) is 16.9 Å². The van der Waals surface area contributed by atoms with Gasteiger partial charge in [-0.2, -0.15) is 0 Å². The zero-order valence-electron chi connectivity index (χ0n) is 36.5. The first-order valence-corrected chi connectivity index (χ1v) is 22.1. The number of amides is 3. The Labute approximate surface area is 374 Å². The molecule has 0 spiro atoms. The number of nitrogens with one attached hydrogen (secondary N) is 1. The van der Waals surface area contributed by atoms with Crippen LogP contribution >= 0.6 is 11.3 Å². The molecule has 0 aliphatic carbocycles. The summed E-state index contributed by atoms with van der Waals surface area (Å²) >= 11 is 1.56. The third kappa shape index (κ3) is 11.3. The molecule has 1 aromatic heterocycles. The number of cyclic esters (lactones) is 1. The van der Waals surface area contributed by atoms with E-state index >= 15 is 0 Å². The summed E-state index contributed by atoms with van der Waals surface area (Å²) in [7, 11) is 0. The van der Waals surface area contributed by atoms with Crippen molar-refractivity contribution in [3.63, 3.8) is 0 Å². The van der Waals surface area contributed by atoms with E-state index in [0.29, 0.717) is 25.7 Å². The Kier molecular flexibility index (Phi) is 14.8. The fourth-order valence-electron chi connectivity index (χ4n) is 8.35. The highest BCUT2D eigenvalue weighted by Gasteiger charge is 2.53. The summed E-state index contributed by atoms with van der Waals surface area (Å²) in [4.78, 5) is 94.6. The molecule has 17 nitrogen and oxygen atoms in total. The summed E-state index contributed by atoms with van der Waals surface area (Å²) in [5, 5.41) is 26.9. The van der Waals surface area contributed by atoms with Crippen molar-refractivity contribution < 1.29 is 57.7 Å². The topological polar surface area (TPSA) is 234 Å². The lowest BCUT2D eigenvalue weighted by atomic mass is 9.71. The van der Waals surface area contributed by atoms with Gasteiger partial charge in [0, 0.05) is 37.6 Å². The van der Waals surface area contributed by atoms with Gasteiger partial charge in [0.2, 0.25) is 5.91 Å². The number of imide groups is 1. The van der Waals surface area contributed by atoms with Crippen LogP contribution in [0.25, 0.3) is 10.2 Å². The number of aromatic nitrogens is 1. The van der Waals surface area contributed by atoms with Gasteiger partial charge in [-0.1, -0.05) is 45.4 Å². The van der Waals surface area contributed by atoms with Crippen molar-refractivity contribution in [2.75, 3.05) is 11.9 Å². The highest BCUT2D eigenvalue weighted by atomic mass is 32.1. The van der Waals surface area contributed by atoms with E-state index in [4.69, 9.17) is 18.9 Å². The number of epoxide rings is 1. The van der Waals surface area contributed by atoms with Gasteiger partial charge in [-0.05, 0) is 74.8 Å². The smallest absolute Gasteiger partial charge is 0.457 e. The van der Waals surface area contributed by atoms with Gasteiger partial charge in [0.05, 0.1) is 55.7 Å². The van der Waals surface area contributed by atoms with Gasteiger partial charge >= 0.3 is 12.1 Å². The minimum atomic E-state index is -1.51. The fraction of sp³-hybridized carbons (Fsp3) is 0.500. The van der Waals surface area contributed by atoms with Crippen molar-refractivity contribution in [2.24, 2.45) is 17.3 Å². The molecular formula is C46H54N4O13S. The quantitative estimate of drug-likeness (QED) is 0.0451. The minimum Gasteiger partial charge on any atom is -0.457 e. The molecule has 2 saturated heterocycles. The number of benzene rings is 2. The second-order valence-corrected chi connectivity index (χ2v) is 18.7. The minimum absolute atomic E-state index is 0.00699.